The summed E-state index contributed by atoms with van der Waals surface area (Å²) in [4.78, 5) is 26.5. The smallest absolute Gasteiger partial charge is 1.00 e. The Hall–Kier alpha value is -3.94. The number of carbonyl (C=O) groups is 1. The van der Waals surface area contributed by atoms with Gasteiger partial charge in [0.25, 0.3) is 5.56 Å². The monoisotopic (exact) mass is 693 g/mol. The van der Waals surface area contributed by atoms with Crippen LogP contribution in [0.15, 0.2) is 89.7 Å². The molecular weight excluding hydrogens is 653 g/mol. The topological polar surface area (TPSA) is 120 Å². The number of benzene rings is 3. The number of halogens is 1. The minimum absolute atomic E-state index is 0. The Kier molecular flexibility index (Phi) is 13.8. The summed E-state index contributed by atoms with van der Waals surface area (Å²) >= 11 is 0. The van der Waals surface area contributed by atoms with Crippen LogP contribution < -0.4 is 81.8 Å². The minimum atomic E-state index is -0.397. The molecule has 49 heavy (non-hydrogen) atoms. The average Bonchev–Trinajstić information content (AvgIpc) is 3.48. The second kappa shape index (κ2) is 17.1. The Morgan fingerprint density at radius 1 is 0.898 bits per heavy atom. The first kappa shape index (κ1) is 39.5. The molecule has 12 heteroatoms. The Labute approximate surface area is 328 Å². The molecule has 2 heterocycles. The number of amides is 2. The van der Waals surface area contributed by atoms with E-state index in [4.69, 9.17) is 14.6 Å². The molecule has 3 N–H and O–H groups in total. The molecule has 0 bridgehead atoms. The fourth-order valence-electron chi connectivity index (χ4n) is 5.18. The molecule has 0 saturated heterocycles. The van der Waals surface area contributed by atoms with E-state index in [-0.39, 0.29) is 86.0 Å². The van der Waals surface area contributed by atoms with Gasteiger partial charge in [-0.1, -0.05) is 63.2 Å². The molecule has 3 aromatic carbocycles. The van der Waals surface area contributed by atoms with E-state index in [1.54, 1.807) is 47.5 Å². The summed E-state index contributed by atoms with van der Waals surface area (Å²) in [5, 5.41) is 20.3. The largest absolute Gasteiger partial charge is 1.00 e. The van der Waals surface area contributed by atoms with Gasteiger partial charge in [0.05, 0.1) is 30.6 Å². The number of nitrogens with zero attached hydrogens (tertiary/aromatic N) is 3. The molecule has 2 aromatic heterocycles. The van der Waals surface area contributed by atoms with Crippen molar-refractivity contribution in [1.29, 1.82) is 0 Å². The number of aromatic hydroxyl groups is 1. The number of para-hydroxylation sites is 1. The first-order valence-corrected chi connectivity index (χ1v) is 15.4. The van der Waals surface area contributed by atoms with E-state index >= 15 is 0 Å². The molecule has 0 fully saturated rings. The third-order valence-electron chi connectivity index (χ3n) is 7.98. The van der Waals surface area contributed by atoms with Crippen molar-refractivity contribution in [3.63, 3.8) is 0 Å². The number of rotatable bonds is 10. The SMILES string of the molecule is COc1ccccc1Cn1c(C)cc(OCc2ccccc2CNC(=O)Nc2cc(C(C)(C)C)nn2-c2ccc(O)cc2)c(C)c1=O.[F-].[K+]. The Morgan fingerprint density at radius 3 is 2.18 bits per heavy atom. The predicted octanol–water partition coefficient (Wildman–Crippen LogP) is 0.620. The summed E-state index contributed by atoms with van der Waals surface area (Å²) < 4.78 is 15.0. The van der Waals surface area contributed by atoms with Crippen LogP contribution in [0.4, 0.5) is 10.6 Å². The maximum Gasteiger partial charge on any atom is 1.00 e. The number of aromatic nitrogens is 3. The quantitative estimate of drug-likeness (QED) is 0.185. The van der Waals surface area contributed by atoms with Crippen LogP contribution in [0.2, 0.25) is 0 Å². The number of aryl methyl sites for hydroxylation is 1. The maximum atomic E-state index is 13.4. The number of hydrogen-bond acceptors (Lipinski definition) is 6. The van der Waals surface area contributed by atoms with E-state index in [9.17, 15) is 14.7 Å². The van der Waals surface area contributed by atoms with Gasteiger partial charge in [0.2, 0.25) is 0 Å². The second-order valence-corrected chi connectivity index (χ2v) is 12.4. The van der Waals surface area contributed by atoms with Crippen molar-refractivity contribution in [3.8, 4) is 22.9 Å². The number of hydrogen-bond donors (Lipinski definition) is 3. The third kappa shape index (κ3) is 9.61. The van der Waals surface area contributed by atoms with Crippen molar-refractivity contribution in [2.75, 3.05) is 12.4 Å². The number of nitrogens with one attached hydrogen (secondary N) is 2. The molecule has 0 unspecified atom stereocenters. The summed E-state index contributed by atoms with van der Waals surface area (Å²) in [7, 11) is 1.62. The number of pyridine rings is 1. The van der Waals surface area contributed by atoms with Crippen molar-refractivity contribution >= 4 is 11.8 Å². The summed E-state index contributed by atoms with van der Waals surface area (Å²) in [6.07, 6.45) is 0. The van der Waals surface area contributed by atoms with Crippen LogP contribution in [-0.4, -0.2) is 32.6 Å². The molecule has 2 amide bonds. The Balaban J connectivity index is 0.00000325. The summed E-state index contributed by atoms with van der Waals surface area (Å²) in [6, 6.07) is 25.3. The van der Waals surface area contributed by atoms with Gasteiger partial charge in [-0.05, 0) is 61.4 Å². The molecule has 5 aromatic rings. The van der Waals surface area contributed by atoms with Gasteiger partial charge in [-0.3, -0.25) is 10.1 Å². The molecule has 0 aliphatic heterocycles. The predicted molar refractivity (Wildman–Crippen MR) is 183 cm³/mol. The summed E-state index contributed by atoms with van der Waals surface area (Å²) in [5.41, 5.74) is 5.10. The molecule has 5 rings (SSSR count). The van der Waals surface area contributed by atoms with Gasteiger partial charge in [0.15, 0.2) is 0 Å². The van der Waals surface area contributed by atoms with Gasteiger partial charge in [0, 0.05) is 29.3 Å². The molecular formula is C37H41FKN5O5. The first-order valence-electron chi connectivity index (χ1n) is 15.4. The maximum absolute atomic E-state index is 13.4. The molecule has 0 atom stereocenters. The van der Waals surface area contributed by atoms with E-state index in [0.29, 0.717) is 29.4 Å². The molecule has 0 saturated carbocycles. The van der Waals surface area contributed by atoms with Crippen molar-refractivity contribution in [2.24, 2.45) is 0 Å². The molecule has 0 aliphatic rings. The number of urea groups is 1. The van der Waals surface area contributed by atoms with Crippen molar-refractivity contribution in [2.45, 2.75) is 59.7 Å². The molecule has 0 spiro atoms. The zero-order valence-corrected chi connectivity index (χ0v) is 32.1. The number of methoxy groups -OCH3 is 1. The van der Waals surface area contributed by atoms with Crippen LogP contribution in [0.5, 0.6) is 17.2 Å². The molecule has 252 valence electrons. The fraction of sp³-hybridized carbons (Fsp3) is 0.270. The van der Waals surface area contributed by atoms with Gasteiger partial charge < -0.3 is 29.2 Å². The zero-order chi connectivity index (χ0) is 33.7. The zero-order valence-electron chi connectivity index (χ0n) is 29.0. The molecule has 10 nitrogen and oxygen atoms in total. The summed E-state index contributed by atoms with van der Waals surface area (Å²) in [6.45, 7) is 10.7. The van der Waals surface area contributed by atoms with Gasteiger partial charge in [-0.15, -0.1) is 0 Å². The normalized spacial score (nSPS) is 10.8. The van der Waals surface area contributed by atoms with E-state index in [1.807, 2.05) is 67.6 Å². The van der Waals surface area contributed by atoms with Crippen molar-refractivity contribution in [3.05, 3.63) is 129 Å². The number of phenols is 1. The fourth-order valence-corrected chi connectivity index (χ4v) is 5.18. The Morgan fingerprint density at radius 2 is 1.53 bits per heavy atom. The molecule has 0 aliphatic carbocycles. The number of carbonyl (C=O) groups excluding carboxylic acids is 1. The second-order valence-electron chi connectivity index (χ2n) is 12.4. The van der Waals surface area contributed by atoms with Gasteiger partial charge in [0.1, 0.15) is 29.7 Å². The minimum Gasteiger partial charge on any atom is -1.00 e. The van der Waals surface area contributed by atoms with E-state index in [1.165, 1.54) is 0 Å². The Bertz CT molecular complexity index is 1950. The number of anilines is 1. The van der Waals surface area contributed by atoms with Crippen LogP contribution in [0.3, 0.4) is 0 Å². The third-order valence-corrected chi connectivity index (χ3v) is 7.98. The van der Waals surface area contributed by atoms with E-state index in [0.717, 1.165) is 33.8 Å². The summed E-state index contributed by atoms with van der Waals surface area (Å²) in [5.74, 6) is 1.89. The number of ether oxygens (including phenoxy) is 2. The average molecular weight is 694 g/mol. The van der Waals surface area contributed by atoms with Crippen molar-refractivity contribution in [1.82, 2.24) is 19.7 Å². The van der Waals surface area contributed by atoms with Crippen molar-refractivity contribution < 1.29 is 75.5 Å². The number of phenolic OH excluding ortho intramolecular Hbond substituents is 1. The standard InChI is InChI=1S/C37H41N5O5.FH.K/c1-24-19-32(25(2)35(44)41(24)22-27-12-9-10-14-31(27)46-6)47-23-28-13-8-7-11-26(28)21-38-36(45)39-34-20-33(37(3,4)5)40-42(34)29-15-17-30(43)18-16-29;;/h7-20,43H,21-23H2,1-6H3,(H2,38,39,45);1H;/q;;+1/p-1. The van der Waals surface area contributed by atoms with Crippen LogP contribution in [0.1, 0.15) is 54.4 Å². The van der Waals surface area contributed by atoms with Crippen LogP contribution in [0.25, 0.3) is 5.69 Å². The first-order chi connectivity index (χ1) is 22.4. The van der Waals surface area contributed by atoms with Crippen LogP contribution in [-0.2, 0) is 25.1 Å². The molecule has 0 radical (unpaired) electrons. The van der Waals surface area contributed by atoms with Gasteiger partial charge >= 0.3 is 57.4 Å². The van der Waals surface area contributed by atoms with Crippen LogP contribution in [0, 0.1) is 13.8 Å². The van der Waals surface area contributed by atoms with E-state index < -0.39 is 6.03 Å². The van der Waals surface area contributed by atoms with E-state index in [2.05, 4.69) is 31.4 Å². The van der Waals surface area contributed by atoms with Gasteiger partial charge in [-0.2, -0.15) is 5.10 Å². The van der Waals surface area contributed by atoms with Gasteiger partial charge in [-0.25, -0.2) is 9.48 Å². The van der Waals surface area contributed by atoms with Crippen LogP contribution >= 0.6 is 0 Å².